The van der Waals surface area contributed by atoms with Crippen LogP contribution >= 0.6 is 0 Å². The lowest BCUT2D eigenvalue weighted by atomic mass is 9.52. The molecule has 0 radical (unpaired) electrons. The molecule has 0 aromatic carbocycles. The van der Waals surface area contributed by atoms with E-state index < -0.39 is 0 Å². The topological polar surface area (TPSA) is 17.1 Å². The second-order valence-corrected chi connectivity index (χ2v) is 6.12. The SMILES string of the molecule is C=C1CC/C=C(\C)C(=O)CC2C1CC2(C)C. The molecule has 0 aromatic rings. The third-order valence-electron chi connectivity index (χ3n) is 4.52. The van der Waals surface area contributed by atoms with Crippen LogP contribution in [0, 0.1) is 17.3 Å². The van der Waals surface area contributed by atoms with E-state index in [9.17, 15) is 4.79 Å². The summed E-state index contributed by atoms with van der Waals surface area (Å²) in [6.07, 6.45) is 6.06. The van der Waals surface area contributed by atoms with Crippen molar-refractivity contribution in [2.45, 2.75) is 46.5 Å². The zero-order valence-corrected chi connectivity index (χ0v) is 10.7. The Hall–Kier alpha value is -0.850. The fourth-order valence-electron chi connectivity index (χ4n) is 3.23. The van der Waals surface area contributed by atoms with Gasteiger partial charge in [-0.3, -0.25) is 4.79 Å². The molecule has 0 heterocycles. The minimum absolute atomic E-state index is 0.327. The third kappa shape index (κ3) is 1.88. The minimum atomic E-state index is 0.327. The van der Waals surface area contributed by atoms with Crippen molar-refractivity contribution in [3.8, 4) is 0 Å². The normalized spacial score (nSPS) is 37.3. The van der Waals surface area contributed by atoms with Gasteiger partial charge in [0.2, 0.25) is 0 Å². The largest absolute Gasteiger partial charge is 0.295 e. The maximum Gasteiger partial charge on any atom is 0.158 e. The summed E-state index contributed by atoms with van der Waals surface area (Å²) in [5.74, 6) is 1.46. The number of fused-ring (bicyclic) bond motifs is 1. The molecular formula is C15H22O. The van der Waals surface area contributed by atoms with E-state index in [1.807, 2.05) is 6.92 Å². The molecular weight excluding hydrogens is 196 g/mol. The van der Waals surface area contributed by atoms with Crippen molar-refractivity contribution in [3.05, 3.63) is 23.8 Å². The van der Waals surface area contributed by atoms with Crippen LogP contribution in [-0.2, 0) is 4.79 Å². The molecule has 16 heavy (non-hydrogen) atoms. The Morgan fingerprint density at radius 2 is 2.12 bits per heavy atom. The number of hydrogen-bond acceptors (Lipinski definition) is 1. The van der Waals surface area contributed by atoms with Gasteiger partial charge >= 0.3 is 0 Å². The van der Waals surface area contributed by atoms with Crippen LogP contribution in [0.1, 0.15) is 46.5 Å². The monoisotopic (exact) mass is 218 g/mol. The minimum Gasteiger partial charge on any atom is -0.295 e. The number of carbonyl (C=O) groups is 1. The molecule has 0 N–H and O–H groups in total. The van der Waals surface area contributed by atoms with Crippen LogP contribution in [0.2, 0.25) is 0 Å². The first-order valence-corrected chi connectivity index (χ1v) is 6.29. The summed E-state index contributed by atoms with van der Waals surface area (Å²) in [7, 11) is 0. The fraction of sp³-hybridized carbons (Fsp3) is 0.667. The molecule has 1 fully saturated rings. The van der Waals surface area contributed by atoms with Crippen LogP contribution < -0.4 is 0 Å². The van der Waals surface area contributed by atoms with Crippen molar-refractivity contribution >= 4 is 5.78 Å². The molecule has 1 saturated carbocycles. The average molecular weight is 218 g/mol. The maximum absolute atomic E-state index is 12.0. The highest BCUT2D eigenvalue weighted by molar-refractivity contribution is 5.95. The van der Waals surface area contributed by atoms with Gasteiger partial charge in [-0.05, 0) is 49.0 Å². The van der Waals surface area contributed by atoms with E-state index in [0.29, 0.717) is 23.0 Å². The van der Waals surface area contributed by atoms with Crippen molar-refractivity contribution in [1.29, 1.82) is 0 Å². The van der Waals surface area contributed by atoms with Crippen LogP contribution in [0.5, 0.6) is 0 Å². The second kappa shape index (κ2) is 3.87. The molecule has 2 atom stereocenters. The highest BCUT2D eigenvalue weighted by Crippen LogP contribution is 2.56. The summed E-state index contributed by atoms with van der Waals surface area (Å²) in [6.45, 7) is 10.7. The standard InChI is InChI=1S/C15H22O/c1-10-6-5-7-11(2)14(16)8-13-12(10)9-15(13,3)4/h7,12-13H,1,5-6,8-9H2,2-4H3/b11-7+. The number of allylic oxidation sites excluding steroid dienone is 3. The number of hydrogen-bond donors (Lipinski definition) is 0. The summed E-state index contributed by atoms with van der Waals surface area (Å²) in [5, 5.41) is 0. The summed E-state index contributed by atoms with van der Waals surface area (Å²) in [6, 6.07) is 0. The van der Waals surface area contributed by atoms with E-state index in [2.05, 4.69) is 26.5 Å². The first-order valence-electron chi connectivity index (χ1n) is 6.29. The van der Waals surface area contributed by atoms with Crippen LogP contribution in [0.4, 0.5) is 0 Å². The Balaban J connectivity index is 2.22. The Labute approximate surface area is 98.6 Å². The summed E-state index contributed by atoms with van der Waals surface area (Å²) < 4.78 is 0. The van der Waals surface area contributed by atoms with E-state index in [1.165, 1.54) is 12.0 Å². The Kier molecular flexibility index (Phi) is 2.81. The van der Waals surface area contributed by atoms with E-state index in [-0.39, 0.29) is 0 Å². The van der Waals surface area contributed by atoms with Crippen LogP contribution in [0.3, 0.4) is 0 Å². The van der Waals surface area contributed by atoms with E-state index in [0.717, 1.165) is 24.8 Å². The first kappa shape index (κ1) is 11.6. The number of carbonyl (C=O) groups excluding carboxylic acids is 1. The molecule has 2 aliphatic carbocycles. The molecule has 2 unspecified atom stereocenters. The predicted molar refractivity (Wildman–Crippen MR) is 67.1 cm³/mol. The van der Waals surface area contributed by atoms with Crippen molar-refractivity contribution in [1.82, 2.24) is 0 Å². The highest BCUT2D eigenvalue weighted by Gasteiger charge is 2.48. The fourth-order valence-corrected chi connectivity index (χ4v) is 3.23. The molecule has 2 rings (SSSR count). The number of rotatable bonds is 0. The van der Waals surface area contributed by atoms with E-state index in [1.54, 1.807) is 0 Å². The molecule has 88 valence electrons. The number of ketones is 1. The molecule has 1 heteroatoms. The van der Waals surface area contributed by atoms with Gasteiger partial charge in [0, 0.05) is 6.42 Å². The zero-order valence-electron chi connectivity index (χ0n) is 10.7. The summed E-state index contributed by atoms with van der Waals surface area (Å²) in [5.41, 5.74) is 2.65. The molecule has 0 aliphatic heterocycles. The van der Waals surface area contributed by atoms with Crippen molar-refractivity contribution in [2.75, 3.05) is 0 Å². The lowest BCUT2D eigenvalue weighted by Crippen LogP contribution is -2.45. The van der Waals surface area contributed by atoms with Gasteiger partial charge in [-0.2, -0.15) is 0 Å². The van der Waals surface area contributed by atoms with Gasteiger partial charge < -0.3 is 0 Å². The predicted octanol–water partition coefficient (Wildman–Crippen LogP) is 3.90. The van der Waals surface area contributed by atoms with Gasteiger partial charge in [0.15, 0.2) is 5.78 Å². The third-order valence-corrected chi connectivity index (χ3v) is 4.52. The van der Waals surface area contributed by atoms with Crippen molar-refractivity contribution in [3.63, 3.8) is 0 Å². The van der Waals surface area contributed by atoms with Crippen LogP contribution in [0.15, 0.2) is 23.8 Å². The smallest absolute Gasteiger partial charge is 0.158 e. The Morgan fingerprint density at radius 3 is 2.75 bits per heavy atom. The Bertz CT molecular complexity index is 360. The van der Waals surface area contributed by atoms with Gasteiger partial charge in [0.25, 0.3) is 0 Å². The zero-order chi connectivity index (χ0) is 11.9. The molecule has 0 aromatic heterocycles. The summed E-state index contributed by atoms with van der Waals surface area (Å²) >= 11 is 0. The second-order valence-electron chi connectivity index (χ2n) is 6.12. The lowest BCUT2D eigenvalue weighted by molar-refractivity contribution is -0.120. The summed E-state index contributed by atoms with van der Waals surface area (Å²) in [4.78, 5) is 12.0. The molecule has 0 saturated heterocycles. The lowest BCUT2D eigenvalue weighted by Gasteiger charge is -2.52. The van der Waals surface area contributed by atoms with Crippen LogP contribution in [-0.4, -0.2) is 5.78 Å². The van der Waals surface area contributed by atoms with E-state index in [4.69, 9.17) is 0 Å². The Morgan fingerprint density at radius 1 is 1.44 bits per heavy atom. The molecule has 0 bridgehead atoms. The number of Topliss-reactive ketones (excluding diaryl/α,β-unsaturated/α-hetero) is 1. The first-order chi connectivity index (χ1) is 7.42. The van der Waals surface area contributed by atoms with Gasteiger partial charge in [-0.25, -0.2) is 0 Å². The van der Waals surface area contributed by atoms with Gasteiger partial charge in [0.1, 0.15) is 0 Å². The highest BCUT2D eigenvalue weighted by atomic mass is 16.1. The molecule has 2 aliphatic rings. The van der Waals surface area contributed by atoms with Gasteiger partial charge in [0.05, 0.1) is 0 Å². The molecule has 0 amide bonds. The van der Waals surface area contributed by atoms with E-state index >= 15 is 0 Å². The maximum atomic E-state index is 12.0. The van der Waals surface area contributed by atoms with Gasteiger partial charge in [-0.1, -0.05) is 32.1 Å². The molecule has 0 spiro atoms. The quantitative estimate of drug-likeness (QED) is 0.563. The van der Waals surface area contributed by atoms with Crippen LogP contribution in [0.25, 0.3) is 0 Å². The van der Waals surface area contributed by atoms with Crippen molar-refractivity contribution in [2.24, 2.45) is 17.3 Å². The molecule has 1 nitrogen and oxygen atoms in total. The average Bonchev–Trinajstić information content (AvgIpc) is 2.24. The van der Waals surface area contributed by atoms with Gasteiger partial charge in [-0.15, -0.1) is 0 Å². The van der Waals surface area contributed by atoms with Crippen molar-refractivity contribution < 1.29 is 4.79 Å².